The fourth-order valence-electron chi connectivity index (χ4n) is 1.57. The predicted molar refractivity (Wildman–Crippen MR) is 81.8 cm³/mol. The van der Waals surface area contributed by atoms with Gasteiger partial charge >= 0.3 is 0 Å². The second kappa shape index (κ2) is 6.88. The largest absolute Gasteiger partial charge is 0.357 e. The number of nitrogens with one attached hydrogen (secondary N) is 2. The van der Waals surface area contributed by atoms with E-state index >= 15 is 0 Å². The van der Waals surface area contributed by atoms with Gasteiger partial charge in [-0.1, -0.05) is 0 Å². The third kappa shape index (κ3) is 4.97. The van der Waals surface area contributed by atoms with Crippen LogP contribution in [0.5, 0.6) is 0 Å². The lowest BCUT2D eigenvalue weighted by atomic mass is 10.3. The molecule has 96 valence electrons. The maximum Gasteiger partial charge on any atom is 0.191 e. The molecule has 1 aliphatic carbocycles. The number of halogens is 1. The third-order valence-electron chi connectivity index (χ3n) is 2.58. The monoisotopic (exact) mass is 348 g/mol. The van der Waals surface area contributed by atoms with Crippen molar-refractivity contribution in [2.24, 2.45) is 12.0 Å². The lowest BCUT2D eigenvalue weighted by molar-refractivity contribution is 0.811. The van der Waals surface area contributed by atoms with E-state index in [1.54, 1.807) is 0 Å². The summed E-state index contributed by atoms with van der Waals surface area (Å²) in [7, 11) is 2.03. The predicted octanol–water partition coefficient (Wildman–Crippen LogP) is 1.86. The van der Waals surface area contributed by atoms with Gasteiger partial charge in [-0.3, -0.25) is 0 Å². The normalized spacial score (nSPS) is 15.3. The van der Waals surface area contributed by atoms with Gasteiger partial charge in [0.25, 0.3) is 0 Å². The minimum Gasteiger partial charge on any atom is -0.357 e. The van der Waals surface area contributed by atoms with Crippen LogP contribution in [0.3, 0.4) is 0 Å². The van der Waals surface area contributed by atoms with Crippen molar-refractivity contribution in [3.63, 3.8) is 0 Å². The zero-order chi connectivity index (χ0) is 11.4. The average molecular weight is 348 g/mol. The number of hydrogen-bond donors (Lipinski definition) is 2. The van der Waals surface area contributed by atoms with Crippen LogP contribution in [0.25, 0.3) is 0 Å². The molecule has 0 amide bonds. The molecule has 1 aromatic heterocycles. The molecule has 0 aromatic carbocycles. The zero-order valence-corrected chi connectivity index (χ0v) is 12.8. The van der Waals surface area contributed by atoms with Gasteiger partial charge in [-0.25, -0.2) is 4.99 Å². The fourth-order valence-corrected chi connectivity index (χ4v) is 1.57. The Hall–Kier alpha value is -0.720. The van der Waals surface area contributed by atoms with Crippen molar-refractivity contribution >= 4 is 29.9 Å². The van der Waals surface area contributed by atoms with Gasteiger partial charge in [0.05, 0.1) is 6.54 Å². The number of nitrogens with zero attached hydrogens (tertiary/aromatic N) is 2. The van der Waals surface area contributed by atoms with E-state index in [1.807, 2.05) is 17.8 Å². The molecular weight excluding hydrogens is 327 g/mol. The molecule has 0 radical (unpaired) electrons. The third-order valence-corrected chi connectivity index (χ3v) is 2.58. The molecule has 17 heavy (non-hydrogen) atoms. The first-order chi connectivity index (χ1) is 7.78. The number of rotatable bonds is 4. The molecule has 0 aliphatic heterocycles. The van der Waals surface area contributed by atoms with Crippen LogP contribution in [-0.2, 0) is 13.6 Å². The summed E-state index contributed by atoms with van der Waals surface area (Å²) in [5.74, 6) is 0.939. The van der Waals surface area contributed by atoms with Crippen molar-refractivity contribution in [3.05, 3.63) is 24.0 Å². The molecule has 1 aromatic rings. The van der Waals surface area contributed by atoms with E-state index in [2.05, 4.69) is 34.8 Å². The molecular formula is C12H21IN4. The van der Waals surface area contributed by atoms with Crippen molar-refractivity contribution < 1.29 is 0 Å². The van der Waals surface area contributed by atoms with Crippen molar-refractivity contribution in [2.75, 3.05) is 6.54 Å². The van der Waals surface area contributed by atoms with Crippen LogP contribution in [0.1, 0.15) is 25.3 Å². The Bertz CT molecular complexity index is 368. The van der Waals surface area contributed by atoms with Crippen LogP contribution in [0.2, 0.25) is 0 Å². The number of aliphatic imine (C=N–C) groups is 1. The Morgan fingerprint density at radius 1 is 1.53 bits per heavy atom. The fraction of sp³-hybridized carbons (Fsp3) is 0.583. The van der Waals surface area contributed by atoms with Gasteiger partial charge in [-0.05, 0) is 31.4 Å². The summed E-state index contributed by atoms with van der Waals surface area (Å²) >= 11 is 0. The number of guanidine groups is 1. The molecule has 1 saturated carbocycles. The molecule has 1 fully saturated rings. The number of aryl methyl sites for hydroxylation is 1. The maximum absolute atomic E-state index is 4.56. The minimum atomic E-state index is 0. The smallest absolute Gasteiger partial charge is 0.191 e. The van der Waals surface area contributed by atoms with Crippen LogP contribution in [0.4, 0.5) is 0 Å². The second-order valence-electron chi connectivity index (χ2n) is 4.30. The molecule has 2 rings (SSSR count). The van der Waals surface area contributed by atoms with E-state index in [9.17, 15) is 0 Å². The molecule has 0 spiro atoms. The van der Waals surface area contributed by atoms with Crippen LogP contribution in [0.15, 0.2) is 23.5 Å². The molecule has 2 N–H and O–H groups in total. The van der Waals surface area contributed by atoms with Crippen LogP contribution < -0.4 is 10.6 Å². The molecule has 1 aliphatic rings. The van der Waals surface area contributed by atoms with Gasteiger partial charge in [0.15, 0.2) is 5.96 Å². The molecule has 1 heterocycles. The Morgan fingerprint density at radius 3 is 2.82 bits per heavy atom. The molecule has 0 unspecified atom stereocenters. The summed E-state index contributed by atoms with van der Waals surface area (Å²) in [5.41, 5.74) is 1.25. The van der Waals surface area contributed by atoms with E-state index < -0.39 is 0 Å². The van der Waals surface area contributed by atoms with E-state index in [4.69, 9.17) is 0 Å². The Morgan fingerprint density at radius 2 is 2.29 bits per heavy atom. The van der Waals surface area contributed by atoms with Crippen LogP contribution in [-0.4, -0.2) is 23.1 Å². The summed E-state index contributed by atoms with van der Waals surface area (Å²) < 4.78 is 2.05. The SMILES string of the molecule is CCNC(=NCc1ccn(C)c1)NC1CC1.I. The first kappa shape index (κ1) is 14.3. The summed E-state index contributed by atoms with van der Waals surface area (Å²) in [5, 5.41) is 6.66. The first-order valence-corrected chi connectivity index (χ1v) is 5.93. The van der Waals surface area contributed by atoms with E-state index in [0.29, 0.717) is 6.04 Å². The summed E-state index contributed by atoms with van der Waals surface area (Å²) in [4.78, 5) is 4.56. The maximum atomic E-state index is 4.56. The first-order valence-electron chi connectivity index (χ1n) is 5.93. The highest BCUT2D eigenvalue weighted by Crippen LogP contribution is 2.18. The van der Waals surface area contributed by atoms with Gasteiger partial charge in [0.2, 0.25) is 0 Å². The number of aromatic nitrogens is 1. The molecule has 0 atom stereocenters. The van der Waals surface area contributed by atoms with Gasteiger partial charge in [0, 0.05) is 32.0 Å². The standard InChI is InChI=1S/C12H20N4.HI/c1-3-13-12(15-11-4-5-11)14-8-10-6-7-16(2)9-10;/h6-7,9,11H,3-5,8H2,1-2H3,(H2,13,14,15);1H. The Kier molecular flexibility index (Phi) is 5.80. The highest BCUT2D eigenvalue weighted by Gasteiger charge is 2.21. The van der Waals surface area contributed by atoms with Crippen LogP contribution >= 0.6 is 24.0 Å². The Labute approximate surface area is 120 Å². The lowest BCUT2D eigenvalue weighted by Gasteiger charge is -2.09. The van der Waals surface area contributed by atoms with Gasteiger partial charge in [-0.15, -0.1) is 24.0 Å². The second-order valence-corrected chi connectivity index (χ2v) is 4.30. The molecule has 0 bridgehead atoms. The average Bonchev–Trinajstić information content (AvgIpc) is 2.97. The van der Waals surface area contributed by atoms with Crippen LogP contribution in [0, 0.1) is 0 Å². The van der Waals surface area contributed by atoms with Gasteiger partial charge in [-0.2, -0.15) is 0 Å². The highest BCUT2D eigenvalue weighted by molar-refractivity contribution is 14.0. The highest BCUT2D eigenvalue weighted by atomic mass is 127. The van der Waals surface area contributed by atoms with Gasteiger partial charge < -0.3 is 15.2 Å². The molecule has 0 saturated heterocycles. The van der Waals surface area contributed by atoms with Crippen molar-refractivity contribution in [1.29, 1.82) is 0 Å². The van der Waals surface area contributed by atoms with Crippen molar-refractivity contribution in [2.45, 2.75) is 32.4 Å². The lowest BCUT2D eigenvalue weighted by Crippen LogP contribution is -2.38. The van der Waals surface area contributed by atoms with E-state index in [0.717, 1.165) is 19.0 Å². The van der Waals surface area contributed by atoms with E-state index in [1.165, 1.54) is 18.4 Å². The molecule has 5 heteroatoms. The Balaban J connectivity index is 0.00000144. The van der Waals surface area contributed by atoms with Gasteiger partial charge in [0.1, 0.15) is 0 Å². The topological polar surface area (TPSA) is 41.4 Å². The molecule has 4 nitrogen and oxygen atoms in total. The number of hydrogen-bond acceptors (Lipinski definition) is 1. The summed E-state index contributed by atoms with van der Waals surface area (Å²) in [6.07, 6.45) is 6.70. The quantitative estimate of drug-likeness (QED) is 0.496. The van der Waals surface area contributed by atoms with Crippen molar-refractivity contribution in [3.8, 4) is 0 Å². The zero-order valence-electron chi connectivity index (χ0n) is 10.4. The van der Waals surface area contributed by atoms with E-state index in [-0.39, 0.29) is 24.0 Å². The van der Waals surface area contributed by atoms with Crippen molar-refractivity contribution in [1.82, 2.24) is 15.2 Å². The minimum absolute atomic E-state index is 0. The summed E-state index contributed by atoms with van der Waals surface area (Å²) in [6, 6.07) is 2.75. The summed E-state index contributed by atoms with van der Waals surface area (Å²) in [6.45, 7) is 3.74.